The smallest absolute Gasteiger partial charge is 0.254 e. The van der Waals surface area contributed by atoms with E-state index >= 15 is 0 Å². The number of aromatic amines is 1. The Kier molecular flexibility index (Phi) is 3.37. The van der Waals surface area contributed by atoms with E-state index in [9.17, 15) is 10.0 Å². The molecule has 0 unspecified atom stereocenters. The first-order valence-corrected chi connectivity index (χ1v) is 9.21. The van der Waals surface area contributed by atoms with Crippen LogP contribution in [0.3, 0.4) is 0 Å². The Morgan fingerprint density at radius 3 is 2.89 bits per heavy atom. The first kappa shape index (κ1) is 16.0. The van der Waals surface area contributed by atoms with Crippen molar-refractivity contribution >= 4 is 22.8 Å². The summed E-state index contributed by atoms with van der Waals surface area (Å²) in [6, 6.07) is 3.57. The van der Waals surface area contributed by atoms with Crippen LogP contribution in [0.5, 0.6) is 0 Å². The molecular formula is C19H20N6O2. The molecule has 1 aliphatic carbocycles. The summed E-state index contributed by atoms with van der Waals surface area (Å²) in [5, 5.41) is 14.9. The average molecular weight is 364 g/mol. The van der Waals surface area contributed by atoms with Crippen molar-refractivity contribution in [3.63, 3.8) is 0 Å². The lowest BCUT2D eigenvalue weighted by Crippen LogP contribution is -2.43. The van der Waals surface area contributed by atoms with Crippen LogP contribution in [-0.2, 0) is 5.54 Å². The predicted octanol–water partition coefficient (Wildman–Crippen LogP) is 2.44. The summed E-state index contributed by atoms with van der Waals surface area (Å²) in [5.74, 6) is 0.354. The fourth-order valence-corrected chi connectivity index (χ4v) is 4.45. The average Bonchev–Trinajstić information content (AvgIpc) is 3.24. The molecule has 138 valence electrons. The van der Waals surface area contributed by atoms with Crippen LogP contribution in [0, 0.1) is 6.92 Å². The molecule has 3 N–H and O–H groups in total. The summed E-state index contributed by atoms with van der Waals surface area (Å²) in [7, 11) is 0. The molecule has 1 spiro atoms. The van der Waals surface area contributed by atoms with Gasteiger partial charge in [-0.25, -0.2) is 15.0 Å². The lowest BCUT2D eigenvalue weighted by atomic mass is 9.79. The normalized spacial score (nSPS) is 18.9. The molecule has 2 aliphatic rings. The number of H-pyrrole nitrogens is 1. The maximum Gasteiger partial charge on any atom is 0.254 e. The van der Waals surface area contributed by atoms with E-state index in [-0.39, 0.29) is 5.91 Å². The van der Waals surface area contributed by atoms with Gasteiger partial charge in [0.05, 0.1) is 22.2 Å². The minimum atomic E-state index is -0.509. The van der Waals surface area contributed by atoms with E-state index in [2.05, 4.69) is 25.3 Å². The number of hydrogen-bond donors (Lipinski definition) is 3. The highest BCUT2D eigenvalue weighted by Gasteiger charge is 2.47. The molecule has 1 aliphatic heterocycles. The van der Waals surface area contributed by atoms with Gasteiger partial charge in [0.15, 0.2) is 11.3 Å². The molecule has 1 fully saturated rings. The van der Waals surface area contributed by atoms with Gasteiger partial charge in [-0.3, -0.25) is 4.79 Å². The highest BCUT2D eigenvalue weighted by Crippen LogP contribution is 2.42. The zero-order chi connectivity index (χ0) is 18.6. The van der Waals surface area contributed by atoms with Crippen molar-refractivity contribution in [2.45, 2.75) is 44.6 Å². The quantitative estimate of drug-likeness (QED) is 0.576. The van der Waals surface area contributed by atoms with Gasteiger partial charge in [0, 0.05) is 6.20 Å². The van der Waals surface area contributed by atoms with Crippen LogP contribution in [0.15, 0.2) is 29.6 Å². The third-order valence-electron chi connectivity index (χ3n) is 5.70. The number of aryl methyl sites for hydroxylation is 1. The fourth-order valence-electron chi connectivity index (χ4n) is 4.45. The van der Waals surface area contributed by atoms with Gasteiger partial charge in [0.2, 0.25) is 0 Å². The van der Waals surface area contributed by atoms with Gasteiger partial charge in [-0.15, -0.1) is 0 Å². The Morgan fingerprint density at radius 1 is 1.26 bits per heavy atom. The number of fused-ring (bicyclic) bond motifs is 3. The number of aromatic nitrogens is 4. The lowest BCUT2D eigenvalue weighted by Gasteiger charge is -2.34. The Balaban J connectivity index is 1.77. The van der Waals surface area contributed by atoms with E-state index in [0.717, 1.165) is 47.8 Å². The van der Waals surface area contributed by atoms with Crippen LogP contribution in [0.4, 0.5) is 5.82 Å². The molecular weight excluding hydrogens is 344 g/mol. The van der Waals surface area contributed by atoms with Crippen molar-refractivity contribution in [2.75, 3.05) is 0 Å². The number of nitrogens with zero attached hydrogens (tertiary/aromatic N) is 4. The van der Waals surface area contributed by atoms with Crippen LogP contribution < -0.4 is 10.8 Å². The first-order valence-electron chi connectivity index (χ1n) is 9.21. The lowest BCUT2D eigenvalue weighted by molar-refractivity contribution is 0.0892. The number of pyridine rings is 1. The van der Waals surface area contributed by atoms with Gasteiger partial charge in [-0.2, -0.15) is 4.73 Å². The SMILES string of the molecule is Cc1cc(=Nc2ncnc3[nH]ccc23)n(O)c2c1C(=O)NC21CCCCC1. The number of amides is 1. The molecule has 5 rings (SSSR count). The standard InChI is InChI=1S/C19H20N6O2/c1-11-9-13(23-17-12-5-8-20-16(12)21-10-22-17)25(27)15-14(11)18(26)24-19(15)6-3-2-4-7-19/h5,8-10,27H,2-4,6-7H2,1H3,(H,24,26)(H,20,21,22). The Bertz CT molecular complexity index is 1140. The molecule has 8 nitrogen and oxygen atoms in total. The van der Waals surface area contributed by atoms with Crippen molar-refractivity contribution < 1.29 is 10.0 Å². The zero-order valence-electron chi connectivity index (χ0n) is 15.0. The largest absolute Gasteiger partial charge is 0.427 e. The van der Waals surface area contributed by atoms with Gasteiger partial charge < -0.3 is 15.5 Å². The maximum absolute atomic E-state index is 12.6. The summed E-state index contributed by atoms with van der Waals surface area (Å²) in [6.45, 7) is 1.88. The molecule has 1 saturated carbocycles. The molecule has 3 aromatic rings. The van der Waals surface area contributed by atoms with Crippen molar-refractivity contribution in [1.82, 2.24) is 25.0 Å². The van der Waals surface area contributed by atoms with E-state index in [1.165, 1.54) is 6.33 Å². The second-order valence-corrected chi connectivity index (χ2v) is 7.37. The topological polar surface area (TPSA) is 108 Å². The monoisotopic (exact) mass is 364 g/mol. The third-order valence-corrected chi connectivity index (χ3v) is 5.70. The molecule has 0 aromatic carbocycles. The van der Waals surface area contributed by atoms with E-state index in [1.807, 2.05) is 13.0 Å². The minimum Gasteiger partial charge on any atom is -0.427 e. The fraction of sp³-hybridized carbons (Fsp3) is 0.368. The molecule has 8 heteroatoms. The molecule has 0 atom stereocenters. The molecule has 4 heterocycles. The second-order valence-electron chi connectivity index (χ2n) is 7.37. The molecule has 0 radical (unpaired) electrons. The summed E-state index contributed by atoms with van der Waals surface area (Å²) in [6.07, 6.45) is 8.06. The molecule has 3 aromatic heterocycles. The van der Waals surface area contributed by atoms with Crippen LogP contribution in [0.1, 0.15) is 53.7 Å². The summed E-state index contributed by atoms with van der Waals surface area (Å²) >= 11 is 0. The van der Waals surface area contributed by atoms with Gasteiger partial charge in [0.25, 0.3) is 5.91 Å². The number of hydrogen-bond acceptors (Lipinski definition) is 5. The molecule has 1 amide bonds. The van der Waals surface area contributed by atoms with Crippen molar-refractivity contribution in [3.05, 3.63) is 47.0 Å². The van der Waals surface area contributed by atoms with Gasteiger partial charge >= 0.3 is 0 Å². The molecule has 27 heavy (non-hydrogen) atoms. The maximum atomic E-state index is 12.6. The van der Waals surface area contributed by atoms with Crippen molar-refractivity contribution in [1.29, 1.82) is 0 Å². The predicted molar refractivity (Wildman–Crippen MR) is 97.7 cm³/mol. The van der Waals surface area contributed by atoms with Crippen LogP contribution in [0.25, 0.3) is 11.0 Å². The van der Waals surface area contributed by atoms with Crippen molar-refractivity contribution in [3.8, 4) is 0 Å². The van der Waals surface area contributed by atoms with E-state index in [4.69, 9.17) is 0 Å². The van der Waals surface area contributed by atoms with E-state index in [1.54, 1.807) is 12.3 Å². The summed E-state index contributed by atoms with van der Waals surface area (Å²) in [4.78, 5) is 28.7. The van der Waals surface area contributed by atoms with Gasteiger partial charge in [0.1, 0.15) is 12.0 Å². The van der Waals surface area contributed by atoms with Gasteiger partial charge in [-0.05, 0) is 37.5 Å². The highest BCUT2D eigenvalue weighted by molar-refractivity contribution is 6.00. The molecule has 0 saturated heterocycles. The zero-order valence-corrected chi connectivity index (χ0v) is 15.0. The van der Waals surface area contributed by atoms with Crippen LogP contribution in [-0.4, -0.2) is 30.8 Å². The number of carbonyl (C=O) groups is 1. The Labute approximate surface area is 155 Å². The number of nitrogens with one attached hydrogen (secondary N) is 2. The Morgan fingerprint density at radius 2 is 2.07 bits per heavy atom. The van der Waals surface area contributed by atoms with Crippen LogP contribution in [0.2, 0.25) is 0 Å². The van der Waals surface area contributed by atoms with Gasteiger partial charge in [-0.1, -0.05) is 19.3 Å². The van der Waals surface area contributed by atoms with Crippen molar-refractivity contribution in [2.24, 2.45) is 4.99 Å². The van der Waals surface area contributed by atoms with Crippen LogP contribution >= 0.6 is 0 Å². The molecule has 0 bridgehead atoms. The Hall–Kier alpha value is -3.16. The first-order chi connectivity index (χ1) is 13.1. The summed E-state index contributed by atoms with van der Waals surface area (Å²) in [5.41, 5.74) is 2.53. The van der Waals surface area contributed by atoms with E-state index in [0.29, 0.717) is 28.2 Å². The number of carbonyl (C=O) groups excluding carboxylic acids is 1. The minimum absolute atomic E-state index is 0.117. The second kappa shape index (κ2) is 5.67. The number of rotatable bonds is 1. The summed E-state index contributed by atoms with van der Waals surface area (Å²) < 4.78 is 1.08. The highest BCUT2D eigenvalue weighted by atomic mass is 16.5. The van der Waals surface area contributed by atoms with E-state index < -0.39 is 5.54 Å². The third kappa shape index (κ3) is 2.29.